The zero-order valence-corrected chi connectivity index (χ0v) is 16.8. The standard InChI is InChI=1S/C23H27N3O3/c1-25-11-4-7-21(25)23(29)26-12-9-17(14-22(27)28)18(15-26)13-20-19-6-3-2-5-16(19)8-10-24-20/h2-7,11,17-18H,8-10,12-15H2,1H3,(H,27,28)/t17-,18-/m0/s1. The van der Waals surface area contributed by atoms with Crippen molar-refractivity contribution in [2.24, 2.45) is 23.9 Å². The molecule has 1 fully saturated rings. The highest BCUT2D eigenvalue weighted by Gasteiger charge is 2.35. The van der Waals surface area contributed by atoms with Gasteiger partial charge in [-0.2, -0.15) is 0 Å². The molecule has 4 rings (SSSR count). The number of carbonyl (C=O) groups is 2. The first-order valence-electron chi connectivity index (χ1n) is 10.3. The van der Waals surface area contributed by atoms with Gasteiger partial charge in [0.25, 0.3) is 5.91 Å². The number of aliphatic imine (C=N–C) groups is 1. The molecule has 1 aromatic carbocycles. The highest BCUT2D eigenvalue weighted by Crippen LogP contribution is 2.32. The molecule has 29 heavy (non-hydrogen) atoms. The van der Waals surface area contributed by atoms with Gasteiger partial charge in [0, 0.05) is 45.0 Å². The van der Waals surface area contributed by atoms with Crippen LogP contribution in [0.15, 0.2) is 47.6 Å². The van der Waals surface area contributed by atoms with E-state index in [1.165, 1.54) is 11.1 Å². The quantitative estimate of drug-likeness (QED) is 0.849. The normalized spacial score (nSPS) is 21.4. The van der Waals surface area contributed by atoms with Gasteiger partial charge >= 0.3 is 5.97 Å². The summed E-state index contributed by atoms with van der Waals surface area (Å²) >= 11 is 0. The van der Waals surface area contributed by atoms with Crippen molar-refractivity contribution in [3.63, 3.8) is 0 Å². The molecule has 2 aromatic rings. The SMILES string of the molecule is Cn1cccc1C(=O)N1CC[C@@H](CC(=O)O)[C@@H](CC2=NCCc3ccccc32)C1. The zero-order valence-electron chi connectivity index (χ0n) is 16.8. The maximum absolute atomic E-state index is 13.0. The number of piperidine rings is 1. The van der Waals surface area contributed by atoms with Gasteiger partial charge in [-0.05, 0) is 54.4 Å². The van der Waals surface area contributed by atoms with Crippen LogP contribution in [-0.4, -0.2) is 51.8 Å². The smallest absolute Gasteiger partial charge is 0.303 e. The molecule has 152 valence electrons. The third-order valence-corrected chi connectivity index (χ3v) is 6.25. The first-order valence-corrected chi connectivity index (χ1v) is 10.3. The molecule has 0 bridgehead atoms. The van der Waals surface area contributed by atoms with Crippen LogP contribution in [0.5, 0.6) is 0 Å². The van der Waals surface area contributed by atoms with E-state index in [0.717, 1.165) is 18.7 Å². The molecule has 1 amide bonds. The third-order valence-electron chi connectivity index (χ3n) is 6.25. The summed E-state index contributed by atoms with van der Waals surface area (Å²) < 4.78 is 1.84. The second-order valence-electron chi connectivity index (χ2n) is 8.10. The Bertz CT molecular complexity index is 946. The van der Waals surface area contributed by atoms with Crippen molar-refractivity contribution < 1.29 is 14.7 Å². The van der Waals surface area contributed by atoms with Crippen LogP contribution in [0.4, 0.5) is 0 Å². The van der Waals surface area contributed by atoms with Crippen LogP contribution >= 0.6 is 0 Å². The number of amides is 1. The number of likely N-dealkylation sites (tertiary alicyclic amines) is 1. The highest BCUT2D eigenvalue weighted by atomic mass is 16.4. The van der Waals surface area contributed by atoms with E-state index >= 15 is 0 Å². The molecular formula is C23H27N3O3. The summed E-state index contributed by atoms with van der Waals surface area (Å²) in [6.07, 6.45) is 4.39. The van der Waals surface area contributed by atoms with Crippen molar-refractivity contribution >= 4 is 17.6 Å². The molecule has 1 aromatic heterocycles. The van der Waals surface area contributed by atoms with Crippen molar-refractivity contribution in [3.8, 4) is 0 Å². The largest absolute Gasteiger partial charge is 0.481 e. The Labute approximate surface area is 170 Å². The lowest BCUT2D eigenvalue weighted by Crippen LogP contribution is -2.45. The van der Waals surface area contributed by atoms with E-state index < -0.39 is 5.97 Å². The number of rotatable bonds is 5. The van der Waals surface area contributed by atoms with Crippen LogP contribution in [0.1, 0.15) is 40.9 Å². The van der Waals surface area contributed by atoms with Crippen molar-refractivity contribution in [1.29, 1.82) is 0 Å². The van der Waals surface area contributed by atoms with Gasteiger partial charge in [0.05, 0.1) is 0 Å². The second kappa shape index (κ2) is 8.23. The molecule has 6 nitrogen and oxygen atoms in total. The van der Waals surface area contributed by atoms with Gasteiger partial charge in [-0.1, -0.05) is 24.3 Å². The maximum Gasteiger partial charge on any atom is 0.303 e. The van der Waals surface area contributed by atoms with Gasteiger partial charge in [0.2, 0.25) is 0 Å². The van der Waals surface area contributed by atoms with Crippen LogP contribution < -0.4 is 0 Å². The number of fused-ring (bicyclic) bond motifs is 1. The summed E-state index contributed by atoms with van der Waals surface area (Å²) in [7, 11) is 1.87. The number of hydrogen-bond donors (Lipinski definition) is 1. The molecule has 2 atom stereocenters. The van der Waals surface area contributed by atoms with Gasteiger partial charge in [-0.25, -0.2) is 0 Å². The monoisotopic (exact) mass is 393 g/mol. The lowest BCUT2D eigenvalue weighted by molar-refractivity contribution is -0.138. The Morgan fingerprint density at radius 1 is 1.17 bits per heavy atom. The number of nitrogens with zero attached hydrogens (tertiary/aromatic N) is 3. The number of aliphatic carboxylic acids is 1. The summed E-state index contributed by atoms with van der Waals surface area (Å²) in [6.45, 7) is 1.94. The summed E-state index contributed by atoms with van der Waals surface area (Å²) in [5.74, 6) is -0.605. The Morgan fingerprint density at radius 3 is 2.76 bits per heavy atom. The number of carbonyl (C=O) groups excluding carboxylic acids is 1. The topological polar surface area (TPSA) is 74.9 Å². The minimum Gasteiger partial charge on any atom is -0.481 e. The van der Waals surface area contributed by atoms with Crippen LogP contribution in [0.3, 0.4) is 0 Å². The second-order valence-corrected chi connectivity index (χ2v) is 8.10. The first kappa shape index (κ1) is 19.4. The lowest BCUT2D eigenvalue weighted by atomic mass is 9.78. The van der Waals surface area contributed by atoms with Crippen LogP contribution in [0.2, 0.25) is 0 Å². The number of aromatic nitrogens is 1. The fourth-order valence-corrected chi connectivity index (χ4v) is 4.67. The number of benzene rings is 1. The van der Waals surface area contributed by atoms with E-state index in [4.69, 9.17) is 4.99 Å². The highest BCUT2D eigenvalue weighted by molar-refractivity contribution is 6.02. The first-order chi connectivity index (χ1) is 14.0. The maximum atomic E-state index is 13.0. The summed E-state index contributed by atoms with van der Waals surface area (Å²) in [5.41, 5.74) is 4.21. The van der Waals surface area contributed by atoms with E-state index in [0.29, 0.717) is 31.6 Å². The van der Waals surface area contributed by atoms with E-state index in [-0.39, 0.29) is 24.2 Å². The molecule has 1 N–H and O–H groups in total. The molecular weight excluding hydrogens is 366 g/mol. The molecule has 0 radical (unpaired) electrons. The van der Waals surface area contributed by atoms with Crippen molar-refractivity contribution in [2.45, 2.75) is 25.7 Å². The Hall–Kier alpha value is -2.89. The fourth-order valence-electron chi connectivity index (χ4n) is 4.67. The molecule has 0 saturated carbocycles. The van der Waals surface area contributed by atoms with Crippen molar-refractivity contribution in [3.05, 3.63) is 59.4 Å². The van der Waals surface area contributed by atoms with E-state index in [9.17, 15) is 14.7 Å². The van der Waals surface area contributed by atoms with Gasteiger partial charge in [0.1, 0.15) is 5.69 Å². The number of carboxylic acids is 1. The summed E-state index contributed by atoms with van der Waals surface area (Å²) in [4.78, 5) is 31.1. The molecule has 0 aliphatic carbocycles. The molecule has 0 spiro atoms. The third kappa shape index (κ3) is 4.11. The minimum atomic E-state index is -0.770. The number of hydrogen-bond acceptors (Lipinski definition) is 3. The average Bonchev–Trinajstić information content (AvgIpc) is 3.14. The van der Waals surface area contributed by atoms with E-state index in [2.05, 4.69) is 18.2 Å². The van der Waals surface area contributed by atoms with Crippen molar-refractivity contribution in [1.82, 2.24) is 9.47 Å². The molecule has 2 aliphatic heterocycles. The van der Waals surface area contributed by atoms with E-state index in [1.807, 2.05) is 40.9 Å². The van der Waals surface area contributed by atoms with Crippen LogP contribution in [-0.2, 0) is 18.3 Å². The Morgan fingerprint density at radius 2 is 2.00 bits per heavy atom. The summed E-state index contributed by atoms with van der Waals surface area (Å²) in [6, 6.07) is 12.0. The Kier molecular flexibility index (Phi) is 5.51. The Balaban J connectivity index is 1.55. The predicted molar refractivity (Wildman–Crippen MR) is 111 cm³/mol. The number of carboxylic acid groups (broad SMARTS) is 1. The van der Waals surface area contributed by atoms with Crippen molar-refractivity contribution in [2.75, 3.05) is 19.6 Å². The van der Waals surface area contributed by atoms with Crippen LogP contribution in [0.25, 0.3) is 0 Å². The minimum absolute atomic E-state index is 0.0160. The number of aryl methyl sites for hydroxylation is 1. The summed E-state index contributed by atoms with van der Waals surface area (Å²) in [5, 5.41) is 9.39. The fraction of sp³-hybridized carbons (Fsp3) is 0.435. The molecule has 2 aliphatic rings. The lowest BCUT2D eigenvalue weighted by Gasteiger charge is -2.39. The van der Waals surface area contributed by atoms with Gasteiger partial charge in [-0.3, -0.25) is 14.6 Å². The van der Waals surface area contributed by atoms with Crippen LogP contribution in [0, 0.1) is 11.8 Å². The van der Waals surface area contributed by atoms with Gasteiger partial charge in [-0.15, -0.1) is 0 Å². The molecule has 0 unspecified atom stereocenters. The van der Waals surface area contributed by atoms with E-state index in [1.54, 1.807) is 0 Å². The molecule has 6 heteroatoms. The average molecular weight is 393 g/mol. The predicted octanol–water partition coefficient (Wildman–Crippen LogP) is 3.01. The zero-order chi connectivity index (χ0) is 20.4. The van der Waals surface area contributed by atoms with Gasteiger partial charge < -0.3 is 14.6 Å². The molecule has 1 saturated heterocycles. The van der Waals surface area contributed by atoms with Gasteiger partial charge in [0.15, 0.2) is 0 Å². The molecule has 3 heterocycles.